The zero-order chi connectivity index (χ0) is 13.3. The van der Waals surface area contributed by atoms with Gasteiger partial charge in [0, 0.05) is 22.3 Å². The molecule has 2 aromatic rings. The molecule has 2 rings (SSSR count). The van der Waals surface area contributed by atoms with Crippen molar-refractivity contribution in [3.05, 3.63) is 40.0 Å². The van der Waals surface area contributed by atoms with Gasteiger partial charge in [-0.05, 0) is 28.9 Å². The summed E-state index contributed by atoms with van der Waals surface area (Å²) in [7, 11) is 0. The summed E-state index contributed by atoms with van der Waals surface area (Å²) in [5.74, 6) is -0.970. The van der Waals surface area contributed by atoms with Crippen molar-refractivity contribution in [1.29, 1.82) is 0 Å². The second-order valence-corrected chi connectivity index (χ2v) is 4.48. The van der Waals surface area contributed by atoms with E-state index in [1.54, 1.807) is 13.0 Å². The molecule has 7 heteroatoms. The Labute approximate surface area is 110 Å². The molecular formula is C11H9BrF2N4. The van der Waals surface area contributed by atoms with Crippen molar-refractivity contribution in [2.24, 2.45) is 0 Å². The van der Waals surface area contributed by atoms with Crippen molar-refractivity contribution >= 4 is 33.4 Å². The average Bonchev–Trinajstić information content (AvgIpc) is 2.22. The van der Waals surface area contributed by atoms with E-state index in [4.69, 9.17) is 5.73 Å². The Balaban J connectivity index is 2.40. The number of aryl methyl sites for hydroxylation is 1. The Morgan fingerprint density at radius 1 is 1.22 bits per heavy atom. The first-order chi connectivity index (χ1) is 8.45. The van der Waals surface area contributed by atoms with E-state index in [9.17, 15) is 8.78 Å². The molecular weight excluding hydrogens is 306 g/mol. The molecule has 0 spiro atoms. The molecule has 1 aromatic heterocycles. The standard InChI is InChI=1S/C11H9BrF2N4/c1-5-2-9(18-11(15)16-5)17-10-7(12)3-6(13)4-8(10)14/h2-4H,1H3,(H3,15,16,17,18). The van der Waals surface area contributed by atoms with E-state index < -0.39 is 11.6 Å². The van der Waals surface area contributed by atoms with Gasteiger partial charge in [-0.1, -0.05) is 0 Å². The number of rotatable bonds is 2. The molecule has 0 saturated heterocycles. The maximum absolute atomic E-state index is 13.6. The fourth-order valence-corrected chi connectivity index (χ4v) is 1.95. The van der Waals surface area contributed by atoms with Crippen LogP contribution >= 0.6 is 15.9 Å². The third-order valence-electron chi connectivity index (χ3n) is 2.13. The quantitative estimate of drug-likeness (QED) is 0.893. The number of aromatic nitrogens is 2. The van der Waals surface area contributed by atoms with Crippen LogP contribution < -0.4 is 11.1 Å². The summed E-state index contributed by atoms with van der Waals surface area (Å²) < 4.78 is 26.8. The number of nitrogens with one attached hydrogen (secondary N) is 1. The Morgan fingerprint density at radius 2 is 1.94 bits per heavy atom. The highest BCUT2D eigenvalue weighted by molar-refractivity contribution is 9.10. The SMILES string of the molecule is Cc1cc(Nc2c(F)cc(F)cc2Br)nc(N)n1. The molecule has 0 aliphatic rings. The van der Waals surface area contributed by atoms with Crippen LogP contribution in [0, 0.1) is 18.6 Å². The molecule has 18 heavy (non-hydrogen) atoms. The van der Waals surface area contributed by atoms with Crippen LogP contribution in [0.15, 0.2) is 22.7 Å². The Bertz CT molecular complexity index is 560. The van der Waals surface area contributed by atoms with Gasteiger partial charge in [-0.15, -0.1) is 0 Å². The van der Waals surface area contributed by atoms with Gasteiger partial charge in [0.2, 0.25) is 5.95 Å². The van der Waals surface area contributed by atoms with Crippen molar-refractivity contribution in [2.75, 3.05) is 11.1 Å². The molecule has 0 aliphatic heterocycles. The van der Waals surface area contributed by atoms with Crippen LogP contribution in [0.1, 0.15) is 5.69 Å². The summed E-state index contributed by atoms with van der Waals surface area (Å²) in [4.78, 5) is 7.80. The van der Waals surface area contributed by atoms with E-state index in [0.717, 1.165) is 12.1 Å². The molecule has 0 bridgehead atoms. The normalized spacial score (nSPS) is 10.4. The van der Waals surface area contributed by atoms with E-state index in [2.05, 4.69) is 31.2 Å². The minimum atomic E-state index is -0.725. The second-order valence-electron chi connectivity index (χ2n) is 3.62. The third-order valence-corrected chi connectivity index (χ3v) is 2.76. The van der Waals surface area contributed by atoms with E-state index in [0.29, 0.717) is 11.5 Å². The largest absolute Gasteiger partial charge is 0.368 e. The smallest absolute Gasteiger partial charge is 0.222 e. The lowest BCUT2D eigenvalue weighted by Gasteiger charge is -2.10. The fourth-order valence-electron chi connectivity index (χ4n) is 1.45. The fraction of sp³-hybridized carbons (Fsp3) is 0.0909. The van der Waals surface area contributed by atoms with Crippen LogP contribution in [0.3, 0.4) is 0 Å². The summed E-state index contributed by atoms with van der Waals surface area (Å²) in [5.41, 5.74) is 6.22. The van der Waals surface area contributed by atoms with Gasteiger partial charge in [0.05, 0.1) is 5.69 Å². The maximum Gasteiger partial charge on any atom is 0.222 e. The lowest BCUT2D eigenvalue weighted by molar-refractivity contribution is 0.584. The first kappa shape index (κ1) is 12.7. The molecule has 0 radical (unpaired) electrons. The number of nitrogen functional groups attached to an aromatic ring is 1. The van der Waals surface area contributed by atoms with Crippen LogP contribution in [-0.2, 0) is 0 Å². The number of benzene rings is 1. The van der Waals surface area contributed by atoms with Crippen LogP contribution in [0.2, 0.25) is 0 Å². The van der Waals surface area contributed by atoms with Gasteiger partial charge in [-0.2, -0.15) is 4.98 Å². The number of nitrogens with two attached hydrogens (primary N) is 1. The van der Waals surface area contributed by atoms with Gasteiger partial charge in [0.15, 0.2) is 5.82 Å². The average molecular weight is 315 g/mol. The van der Waals surface area contributed by atoms with Crippen LogP contribution in [0.25, 0.3) is 0 Å². The minimum Gasteiger partial charge on any atom is -0.368 e. The van der Waals surface area contributed by atoms with E-state index in [-0.39, 0.29) is 16.1 Å². The van der Waals surface area contributed by atoms with Gasteiger partial charge in [-0.3, -0.25) is 0 Å². The molecule has 1 heterocycles. The zero-order valence-electron chi connectivity index (χ0n) is 9.34. The number of anilines is 3. The lowest BCUT2D eigenvalue weighted by atomic mass is 10.3. The highest BCUT2D eigenvalue weighted by Crippen LogP contribution is 2.29. The Hall–Kier alpha value is -1.76. The first-order valence-corrected chi connectivity index (χ1v) is 5.78. The van der Waals surface area contributed by atoms with Crippen LogP contribution in [-0.4, -0.2) is 9.97 Å². The van der Waals surface area contributed by atoms with Crippen LogP contribution in [0.4, 0.5) is 26.2 Å². The van der Waals surface area contributed by atoms with Crippen molar-refractivity contribution in [3.8, 4) is 0 Å². The molecule has 0 amide bonds. The molecule has 1 aromatic carbocycles. The summed E-state index contributed by atoms with van der Waals surface area (Å²) in [6.45, 7) is 1.74. The summed E-state index contributed by atoms with van der Waals surface area (Å²) >= 11 is 3.08. The number of hydrogen-bond acceptors (Lipinski definition) is 4. The number of nitrogens with zero attached hydrogens (tertiary/aromatic N) is 2. The topological polar surface area (TPSA) is 63.8 Å². The van der Waals surface area contributed by atoms with Gasteiger partial charge in [0.25, 0.3) is 0 Å². The van der Waals surface area contributed by atoms with E-state index in [1.165, 1.54) is 0 Å². The van der Waals surface area contributed by atoms with Gasteiger partial charge in [0.1, 0.15) is 11.6 Å². The molecule has 3 N–H and O–H groups in total. The summed E-state index contributed by atoms with van der Waals surface area (Å²) in [5, 5.41) is 2.73. The Morgan fingerprint density at radius 3 is 2.56 bits per heavy atom. The molecule has 0 unspecified atom stereocenters. The predicted molar refractivity (Wildman–Crippen MR) is 68.5 cm³/mol. The van der Waals surface area contributed by atoms with Crippen molar-refractivity contribution in [3.63, 3.8) is 0 Å². The predicted octanol–water partition coefficient (Wildman–Crippen LogP) is 3.15. The molecule has 0 aliphatic carbocycles. The van der Waals surface area contributed by atoms with Crippen LogP contribution in [0.5, 0.6) is 0 Å². The van der Waals surface area contributed by atoms with E-state index in [1.807, 2.05) is 0 Å². The van der Waals surface area contributed by atoms with E-state index >= 15 is 0 Å². The number of hydrogen-bond donors (Lipinski definition) is 2. The molecule has 0 fully saturated rings. The monoisotopic (exact) mass is 314 g/mol. The number of halogens is 3. The van der Waals surface area contributed by atoms with Gasteiger partial charge >= 0.3 is 0 Å². The van der Waals surface area contributed by atoms with Crippen molar-refractivity contribution in [1.82, 2.24) is 9.97 Å². The van der Waals surface area contributed by atoms with Crippen molar-refractivity contribution in [2.45, 2.75) is 6.92 Å². The zero-order valence-corrected chi connectivity index (χ0v) is 10.9. The summed E-state index contributed by atoms with van der Waals surface area (Å²) in [6.07, 6.45) is 0. The van der Waals surface area contributed by atoms with Crippen molar-refractivity contribution < 1.29 is 8.78 Å². The molecule has 0 atom stereocenters. The highest BCUT2D eigenvalue weighted by Gasteiger charge is 2.11. The third kappa shape index (κ3) is 2.73. The molecule has 4 nitrogen and oxygen atoms in total. The first-order valence-electron chi connectivity index (χ1n) is 4.98. The summed E-state index contributed by atoms with van der Waals surface area (Å²) in [6, 6.07) is 3.54. The van der Waals surface area contributed by atoms with Gasteiger partial charge < -0.3 is 11.1 Å². The Kier molecular flexibility index (Phi) is 3.42. The van der Waals surface area contributed by atoms with Gasteiger partial charge in [-0.25, -0.2) is 13.8 Å². The molecule has 94 valence electrons. The maximum atomic E-state index is 13.6. The lowest BCUT2D eigenvalue weighted by Crippen LogP contribution is -2.03. The second kappa shape index (κ2) is 4.85. The minimum absolute atomic E-state index is 0.0798. The molecule has 0 saturated carbocycles. The highest BCUT2D eigenvalue weighted by atomic mass is 79.9.